The second-order valence-electron chi connectivity index (χ2n) is 4.27. The Hall–Kier alpha value is -1.41. The molecule has 0 atom stereocenters. The molecular weight excluding hydrogens is 291 g/mol. The molecule has 1 aromatic rings. The maximum absolute atomic E-state index is 12.8. The van der Waals surface area contributed by atoms with Crippen molar-refractivity contribution in [2.75, 3.05) is 12.5 Å². The van der Waals surface area contributed by atoms with Crippen LogP contribution in [-0.2, 0) is 6.18 Å². The quantitative estimate of drug-likeness (QED) is 0.537. The van der Waals surface area contributed by atoms with Crippen molar-refractivity contribution in [3.63, 3.8) is 0 Å². The topological polar surface area (TPSA) is 33.0 Å². The molecule has 0 N–H and O–H groups in total. The normalized spacial score (nSPS) is 11.2. The summed E-state index contributed by atoms with van der Waals surface area (Å²) in [6.07, 6.45) is -1.15. The average Bonchev–Trinajstić information content (AvgIpc) is 2.41. The highest BCUT2D eigenvalue weighted by Crippen LogP contribution is 2.36. The highest BCUT2D eigenvalue weighted by atomic mass is 35.5. The van der Waals surface area contributed by atoms with Crippen LogP contribution >= 0.6 is 11.6 Å². The molecular formula is C14H15ClF3NO. The minimum absolute atomic E-state index is 0.0354. The van der Waals surface area contributed by atoms with Gasteiger partial charge in [-0.25, -0.2) is 0 Å². The summed E-state index contributed by atoms with van der Waals surface area (Å²) in [4.78, 5) is 0. The van der Waals surface area contributed by atoms with Gasteiger partial charge in [-0.15, -0.1) is 11.6 Å². The van der Waals surface area contributed by atoms with Crippen LogP contribution in [0.4, 0.5) is 13.2 Å². The molecule has 0 aliphatic heterocycles. The first-order chi connectivity index (χ1) is 9.49. The van der Waals surface area contributed by atoms with Gasteiger partial charge >= 0.3 is 6.18 Å². The van der Waals surface area contributed by atoms with Gasteiger partial charge in [-0.2, -0.15) is 18.4 Å². The second-order valence-corrected chi connectivity index (χ2v) is 4.65. The van der Waals surface area contributed by atoms with E-state index in [4.69, 9.17) is 21.6 Å². The fourth-order valence-corrected chi connectivity index (χ4v) is 1.87. The number of nitrogens with zero attached hydrogens (tertiary/aromatic N) is 1. The molecule has 0 bridgehead atoms. The van der Waals surface area contributed by atoms with Gasteiger partial charge in [0.1, 0.15) is 5.75 Å². The summed E-state index contributed by atoms with van der Waals surface area (Å²) in [5.74, 6) is 0.364. The first-order valence-corrected chi connectivity index (χ1v) is 6.82. The van der Waals surface area contributed by atoms with E-state index in [1.165, 1.54) is 12.1 Å². The average molecular weight is 306 g/mol. The molecule has 20 heavy (non-hydrogen) atoms. The minimum atomic E-state index is -4.53. The van der Waals surface area contributed by atoms with Gasteiger partial charge in [0.15, 0.2) is 0 Å². The predicted molar refractivity (Wildman–Crippen MR) is 70.8 cm³/mol. The second kappa shape index (κ2) is 8.01. The lowest BCUT2D eigenvalue weighted by Gasteiger charge is -2.14. The largest absolute Gasteiger partial charge is 0.493 e. The van der Waals surface area contributed by atoms with E-state index in [1.54, 1.807) is 6.07 Å². The van der Waals surface area contributed by atoms with Gasteiger partial charge in [0.05, 0.1) is 23.8 Å². The first kappa shape index (κ1) is 16.6. The van der Waals surface area contributed by atoms with E-state index in [1.807, 2.05) is 0 Å². The third-order valence-corrected chi connectivity index (χ3v) is 2.97. The third-order valence-electron chi connectivity index (χ3n) is 2.70. The van der Waals surface area contributed by atoms with Crippen molar-refractivity contribution in [3.05, 3.63) is 29.3 Å². The lowest BCUT2D eigenvalue weighted by atomic mass is 10.1. The highest BCUT2D eigenvalue weighted by Gasteiger charge is 2.34. The number of ether oxygens (including phenoxy) is 1. The Bertz CT molecular complexity index is 468. The number of benzene rings is 1. The molecule has 0 unspecified atom stereocenters. The van der Waals surface area contributed by atoms with E-state index >= 15 is 0 Å². The highest BCUT2D eigenvalue weighted by molar-refractivity contribution is 6.17. The van der Waals surface area contributed by atoms with Gasteiger partial charge in [-0.1, -0.05) is 12.8 Å². The van der Waals surface area contributed by atoms with Crippen molar-refractivity contribution < 1.29 is 17.9 Å². The smallest absolute Gasteiger partial charge is 0.420 e. The Labute approximate surface area is 121 Å². The molecule has 1 aromatic carbocycles. The zero-order valence-electron chi connectivity index (χ0n) is 10.8. The minimum Gasteiger partial charge on any atom is -0.493 e. The SMILES string of the molecule is N#Cc1ccc(OCCCCCCCl)c(C(F)(F)F)c1. The Balaban J connectivity index is 2.63. The fourth-order valence-electron chi connectivity index (χ4n) is 1.68. The molecule has 0 aliphatic rings. The van der Waals surface area contributed by atoms with E-state index in [-0.39, 0.29) is 17.9 Å². The summed E-state index contributed by atoms with van der Waals surface area (Å²) in [7, 11) is 0. The molecule has 0 aliphatic carbocycles. The zero-order valence-corrected chi connectivity index (χ0v) is 11.6. The number of rotatable bonds is 7. The van der Waals surface area contributed by atoms with Crippen LogP contribution in [-0.4, -0.2) is 12.5 Å². The Morgan fingerprint density at radius 1 is 1.15 bits per heavy atom. The van der Waals surface area contributed by atoms with Crippen LogP contribution in [0.2, 0.25) is 0 Å². The molecule has 2 nitrogen and oxygen atoms in total. The fraction of sp³-hybridized carbons (Fsp3) is 0.500. The lowest BCUT2D eigenvalue weighted by molar-refractivity contribution is -0.139. The number of halogens is 4. The van der Waals surface area contributed by atoms with Crippen LogP contribution in [0.15, 0.2) is 18.2 Å². The molecule has 1 rings (SSSR count). The monoisotopic (exact) mass is 305 g/mol. The first-order valence-electron chi connectivity index (χ1n) is 6.29. The molecule has 0 saturated carbocycles. The van der Waals surface area contributed by atoms with Crippen LogP contribution in [0.25, 0.3) is 0 Å². The Morgan fingerprint density at radius 2 is 1.85 bits per heavy atom. The van der Waals surface area contributed by atoms with Crippen molar-refractivity contribution in [1.82, 2.24) is 0 Å². The number of hydrogen-bond donors (Lipinski definition) is 0. The van der Waals surface area contributed by atoms with E-state index in [0.717, 1.165) is 25.3 Å². The van der Waals surface area contributed by atoms with Crippen LogP contribution < -0.4 is 4.74 Å². The van der Waals surface area contributed by atoms with E-state index in [0.29, 0.717) is 12.3 Å². The summed E-state index contributed by atoms with van der Waals surface area (Å²) in [5, 5.41) is 8.65. The maximum Gasteiger partial charge on any atom is 0.420 e. The summed E-state index contributed by atoms with van der Waals surface area (Å²) < 4.78 is 43.7. The van der Waals surface area contributed by atoms with Gasteiger partial charge in [0.25, 0.3) is 0 Å². The van der Waals surface area contributed by atoms with Crippen molar-refractivity contribution in [2.24, 2.45) is 0 Å². The van der Waals surface area contributed by atoms with Crippen molar-refractivity contribution in [2.45, 2.75) is 31.9 Å². The molecule has 0 aromatic heterocycles. The Kier molecular flexibility index (Phi) is 6.66. The van der Waals surface area contributed by atoms with Crippen LogP contribution in [0.3, 0.4) is 0 Å². The molecule has 0 amide bonds. The Morgan fingerprint density at radius 3 is 2.45 bits per heavy atom. The van der Waals surface area contributed by atoms with Gasteiger partial charge in [-0.05, 0) is 31.0 Å². The molecule has 0 radical (unpaired) electrons. The number of hydrogen-bond acceptors (Lipinski definition) is 2. The molecule has 0 fully saturated rings. The van der Waals surface area contributed by atoms with E-state index in [9.17, 15) is 13.2 Å². The molecule has 0 saturated heterocycles. The van der Waals surface area contributed by atoms with Gasteiger partial charge in [0, 0.05) is 5.88 Å². The zero-order chi connectivity index (χ0) is 15.0. The van der Waals surface area contributed by atoms with Crippen molar-refractivity contribution >= 4 is 11.6 Å². The van der Waals surface area contributed by atoms with Gasteiger partial charge in [-0.3, -0.25) is 0 Å². The molecule has 0 heterocycles. The van der Waals surface area contributed by atoms with Crippen LogP contribution in [0.5, 0.6) is 5.75 Å². The summed E-state index contributed by atoms with van der Waals surface area (Å²) >= 11 is 5.53. The number of alkyl halides is 4. The predicted octanol–water partition coefficient (Wildman–Crippen LogP) is 4.76. The molecule has 0 spiro atoms. The number of nitriles is 1. The standard InChI is InChI=1S/C14H15ClF3NO/c15-7-3-1-2-4-8-20-13-6-5-11(10-19)9-12(13)14(16,17)18/h5-6,9H,1-4,7-8H2. The van der Waals surface area contributed by atoms with Crippen LogP contribution in [0.1, 0.15) is 36.8 Å². The van der Waals surface area contributed by atoms with E-state index in [2.05, 4.69) is 0 Å². The number of unbranched alkanes of at least 4 members (excludes halogenated alkanes) is 3. The van der Waals surface area contributed by atoms with E-state index < -0.39 is 11.7 Å². The summed E-state index contributed by atoms with van der Waals surface area (Å²) in [5.41, 5.74) is -0.941. The third kappa shape index (κ3) is 5.30. The van der Waals surface area contributed by atoms with Crippen molar-refractivity contribution in [3.8, 4) is 11.8 Å². The molecule has 110 valence electrons. The summed E-state index contributed by atoms with van der Waals surface area (Å²) in [6.45, 7) is 0.220. The van der Waals surface area contributed by atoms with Gasteiger partial charge < -0.3 is 4.74 Å². The van der Waals surface area contributed by atoms with Crippen LogP contribution in [0, 0.1) is 11.3 Å². The molecule has 6 heteroatoms. The van der Waals surface area contributed by atoms with Gasteiger partial charge in [0.2, 0.25) is 0 Å². The lowest BCUT2D eigenvalue weighted by Crippen LogP contribution is -2.10. The summed E-state index contributed by atoms with van der Waals surface area (Å²) in [6, 6.07) is 5.01. The van der Waals surface area contributed by atoms with Crippen molar-refractivity contribution in [1.29, 1.82) is 5.26 Å². The maximum atomic E-state index is 12.8.